The van der Waals surface area contributed by atoms with Crippen molar-refractivity contribution in [3.8, 4) is 0 Å². The number of hydrogen-bond acceptors (Lipinski definition) is 5. The van der Waals surface area contributed by atoms with Gasteiger partial charge >= 0.3 is 0 Å². The molecule has 2 amide bonds. The van der Waals surface area contributed by atoms with Crippen LogP contribution in [-0.4, -0.2) is 38.0 Å². The number of para-hydroxylation sites is 1. The minimum Gasteiger partial charge on any atom is -0.363 e. The minimum absolute atomic E-state index is 0.0637. The summed E-state index contributed by atoms with van der Waals surface area (Å²) in [5.74, 6) is -0.127. The Morgan fingerprint density at radius 3 is 1.43 bits per heavy atom. The van der Waals surface area contributed by atoms with Gasteiger partial charge in [-0.15, -0.1) is 0 Å². The number of amides is 2. The normalized spacial score (nSPS) is 12.5. The standard InChI is InChI=1S/C28H35N5O2/c1-20(29-3)27(34)31-24-14-10-22(11-15-24)18-33(26-8-6-5-7-9-26)19-23-12-16-25(17-13-23)32-28(35)21(2)30-4/h5-17,20-21,29-30H,18-19H2,1-4H3,(H,31,34)(H,32,35). The average Bonchev–Trinajstić information content (AvgIpc) is 2.89. The second-order valence-corrected chi connectivity index (χ2v) is 8.58. The number of hydrogen-bond donors (Lipinski definition) is 4. The Morgan fingerprint density at radius 2 is 1.06 bits per heavy atom. The van der Waals surface area contributed by atoms with Crippen molar-refractivity contribution in [1.82, 2.24) is 10.6 Å². The summed E-state index contributed by atoms with van der Waals surface area (Å²) >= 11 is 0. The molecule has 7 nitrogen and oxygen atoms in total. The summed E-state index contributed by atoms with van der Waals surface area (Å²) in [4.78, 5) is 26.5. The molecule has 3 aromatic carbocycles. The lowest BCUT2D eigenvalue weighted by Crippen LogP contribution is -2.35. The van der Waals surface area contributed by atoms with E-state index in [-0.39, 0.29) is 23.9 Å². The predicted molar refractivity (Wildman–Crippen MR) is 144 cm³/mol. The Morgan fingerprint density at radius 1 is 0.657 bits per heavy atom. The highest BCUT2D eigenvalue weighted by Crippen LogP contribution is 2.22. The molecule has 7 heteroatoms. The number of carbonyl (C=O) groups excluding carboxylic acids is 2. The van der Waals surface area contributed by atoms with Gasteiger partial charge in [-0.1, -0.05) is 42.5 Å². The predicted octanol–water partition coefficient (Wildman–Crippen LogP) is 3.99. The monoisotopic (exact) mass is 473 g/mol. The summed E-state index contributed by atoms with van der Waals surface area (Å²) in [5, 5.41) is 11.7. The van der Waals surface area contributed by atoms with Gasteiger partial charge in [0, 0.05) is 30.2 Å². The minimum atomic E-state index is -0.255. The van der Waals surface area contributed by atoms with Crippen LogP contribution < -0.4 is 26.2 Å². The fraction of sp³-hybridized carbons (Fsp3) is 0.286. The molecule has 3 rings (SSSR count). The topological polar surface area (TPSA) is 85.5 Å². The van der Waals surface area contributed by atoms with Crippen LogP contribution in [0.1, 0.15) is 25.0 Å². The van der Waals surface area contributed by atoms with E-state index in [0.717, 1.165) is 28.2 Å². The van der Waals surface area contributed by atoms with Crippen LogP contribution in [0, 0.1) is 0 Å². The maximum Gasteiger partial charge on any atom is 0.241 e. The molecule has 0 saturated heterocycles. The highest BCUT2D eigenvalue weighted by atomic mass is 16.2. The van der Waals surface area contributed by atoms with Crippen molar-refractivity contribution in [2.24, 2.45) is 0 Å². The molecular weight excluding hydrogens is 438 g/mol. The first-order chi connectivity index (χ1) is 16.9. The number of nitrogens with zero attached hydrogens (tertiary/aromatic N) is 1. The molecule has 0 heterocycles. The van der Waals surface area contributed by atoms with E-state index in [0.29, 0.717) is 13.1 Å². The highest BCUT2D eigenvalue weighted by Gasteiger charge is 2.13. The smallest absolute Gasteiger partial charge is 0.241 e. The van der Waals surface area contributed by atoms with E-state index in [4.69, 9.17) is 0 Å². The molecule has 0 bridgehead atoms. The van der Waals surface area contributed by atoms with Crippen LogP contribution >= 0.6 is 0 Å². The molecule has 0 aliphatic heterocycles. The fourth-order valence-electron chi connectivity index (χ4n) is 3.47. The van der Waals surface area contributed by atoms with Crippen LogP contribution in [-0.2, 0) is 22.7 Å². The summed E-state index contributed by atoms with van der Waals surface area (Å²) in [5.41, 5.74) is 4.94. The zero-order valence-corrected chi connectivity index (χ0v) is 20.8. The van der Waals surface area contributed by atoms with Gasteiger partial charge < -0.3 is 26.2 Å². The largest absolute Gasteiger partial charge is 0.363 e. The second kappa shape index (κ2) is 12.7. The highest BCUT2D eigenvalue weighted by molar-refractivity contribution is 5.95. The van der Waals surface area contributed by atoms with Crippen LogP contribution in [0.15, 0.2) is 78.9 Å². The third-order valence-electron chi connectivity index (χ3n) is 5.96. The van der Waals surface area contributed by atoms with Gasteiger partial charge in [0.25, 0.3) is 0 Å². The molecule has 0 fully saturated rings. The van der Waals surface area contributed by atoms with Crippen LogP contribution in [0.5, 0.6) is 0 Å². The molecule has 0 aliphatic rings. The van der Waals surface area contributed by atoms with Crippen molar-refractivity contribution < 1.29 is 9.59 Å². The lowest BCUT2D eigenvalue weighted by atomic mass is 10.1. The molecular formula is C28H35N5O2. The number of nitrogens with one attached hydrogen (secondary N) is 4. The molecule has 4 N–H and O–H groups in total. The fourth-order valence-corrected chi connectivity index (χ4v) is 3.47. The van der Waals surface area contributed by atoms with E-state index >= 15 is 0 Å². The third kappa shape index (κ3) is 7.67. The first kappa shape index (κ1) is 25.9. The molecule has 0 aromatic heterocycles. The molecule has 2 unspecified atom stereocenters. The SMILES string of the molecule is CNC(C)C(=O)Nc1ccc(CN(Cc2ccc(NC(=O)C(C)NC)cc2)c2ccccc2)cc1. The Balaban J connectivity index is 1.70. The molecule has 0 aliphatic carbocycles. The van der Waals surface area contributed by atoms with Gasteiger partial charge in [0.05, 0.1) is 12.1 Å². The number of anilines is 3. The van der Waals surface area contributed by atoms with Gasteiger partial charge in [-0.05, 0) is 75.5 Å². The van der Waals surface area contributed by atoms with E-state index in [1.165, 1.54) is 0 Å². The first-order valence-electron chi connectivity index (χ1n) is 11.8. The van der Waals surface area contributed by atoms with Gasteiger partial charge in [-0.2, -0.15) is 0 Å². The lowest BCUT2D eigenvalue weighted by molar-refractivity contribution is -0.118. The van der Waals surface area contributed by atoms with Crippen molar-refractivity contribution in [3.05, 3.63) is 90.0 Å². The van der Waals surface area contributed by atoms with Gasteiger partial charge in [-0.25, -0.2) is 0 Å². The van der Waals surface area contributed by atoms with Gasteiger partial charge in [0.2, 0.25) is 11.8 Å². The number of carbonyl (C=O) groups is 2. The maximum atomic E-state index is 12.1. The zero-order chi connectivity index (χ0) is 25.2. The molecule has 3 aromatic rings. The summed E-state index contributed by atoms with van der Waals surface area (Å²) in [6, 6.07) is 25.6. The van der Waals surface area contributed by atoms with Gasteiger partial charge in [-0.3, -0.25) is 9.59 Å². The Bertz CT molecular complexity index is 1020. The molecule has 184 valence electrons. The van der Waals surface area contributed by atoms with Crippen LogP contribution in [0.3, 0.4) is 0 Å². The van der Waals surface area contributed by atoms with Crippen LogP contribution in [0.4, 0.5) is 17.1 Å². The summed E-state index contributed by atoms with van der Waals surface area (Å²) in [6.45, 7) is 5.07. The van der Waals surface area contributed by atoms with Crippen molar-refractivity contribution in [2.75, 3.05) is 29.6 Å². The van der Waals surface area contributed by atoms with Gasteiger partial charge in [0.15, 0.2) is 0 Å². The van der Waals surface area contributed by atoms with E-state index in [1.807, 2.05) is 80.6 Å². The van der Waals surface area contributed by atoms with Gasteiger partial charge in [0.1, 0.15) is 0 Å². The van der Waals surface area contributed by atoms with Crippen molar-refractivity contribution in [1.29, 1.82) is 0 Å². The Kier molecular flexibility index (Phi) is 9.40. The maximum absolute atomic E-state index is 12.1. The van der Waals surface area contributed by atoms with Crippen LogP contribution in [0.25, 0.3) is 0 Å². The third-order valence-corrected chi connectivity index (χ3v) is 5.96. The van der Waals surface area contributed by atoms with Crippen LogP contribution in [0.2, 0.25) is 0 Å². The number of likely N-dealkylation sites (N-methyl/N-ethyl adjacent to an activating group) is 2. The lowest BCUT2D eigenvalue weighted by Gasteiger charge is -2.25. The number of rotatable bonds is 11. The van der Waals surface area contributed by atoms with Crippen molar-refractivity contribution >= 4 is 28.9 Å². The second-order valence-electron chi connectivity index (χ2n) is 8.58. The summed E-state index contributed by atoms with van der Waals surface area (Å²) < 4.78 is 0. The van der Waals surface area contributed by atoms with E-state index < -0.39 is 0 Å². The Labute approximate surface area is 207 Å². The first-order valence-corrected chi connectivity index (χ1v) is 11.8. The van der Waals surface area contributed by atoms with E-state index in [9.17, 15) is 9.59 Å². The molecule has 0 radical (unpaired) electrons. The molecule has 35 heavy (non-hydrogen) atoms. The average molecular weight is 474 g/mol. The van der Waals surface area contributed by atoms with Crippen molar-refractivity contribution in [2.45, 2.75) is 39.0 Å². The number of benzene rings is 3. The van der Waals surface area contributed by atoms with Crippen molar-refractivity contribution in [3.63, 3.8) is 0 Å². The zero-order valence-electron chi connectivity index (χ0n) is 20.8. The summed E-state index contributed by atoms with van der Waals surface area (Å²) in [6.07, 6.45) is 0. The molecule has 0 spiro atoms. The van der Waals surface area contributed by atoms with E-state index in [2.05, 4.69) is 38.3 Å². The van der Waals surface area contributed by atoms with E-state index in [1.54, 1.807) is 14.1 Å². The molecule has 0 saturated carbocycles. The summed E-state index contributed by atoms with van der Waals surface area (Å²) in [7, 11) is 3.53. The quantitative estimate of drug-likeness (QED) is 0.338. The Hall–Kier alpha value is -3.68. The molecule has 2 atom stereocenters.